The number of carbonyl (C=O) groups is 1. The van der Waals surface area contributed by atoms with E-state index in [1.165, 1.54) is 0 Å². The summed E-state index contributed by atoms with van der Waals surface area (Å²) in [6, 6.07) is 0.0287. The molecule has 5 rings (SSSR count). The molecule has 29 heavy (non-hydrogen) atoms. The normalized spacial score (nSPS) is 23.7. The number of likely N-dealkylation sites (tertiary alicyclic amines) is 1. The lowest BCUT2D eigenvalue weighted by molar-refractivity contribution is -0.115. The van der Waals surface area contributed by atoms with Crippen LogP contribution in [-0.2, 0) is 28.2 Å². The highest BCUT2D eigenvalue weighted by molar-refractivity contribution is 5.93. The van der Waals surface area contributed by atoms with Crippen LogP contribution in [0.5, 0.6) is 0 Å². The Bertz CT molecular complexity index is 919. The molecule has 2 aromatic heterocycles. The fourth-order valence-electron chi connectivity index (χ4n) is 4.93. The molecule has 0 saturated carbocycles. The van der Waals surface area contributed by atoms with Crippen LogP contribution in [0, 0.1) is 5.41 Å². The molecule has 1 atom stereocenters. The summed E-state index contributed by atoms with van der Waals surface area (Å²) in [7, 11) is 0. The van der Waals surface area contributed by atoms with Gasteiger partial charge in [-0.25, -0.2) is 4.98 Å². The summed E-state index contributed by atoms with van der Waals surface area (Å²) < 4.78 is 15.1. The molecule has 8 heteroatoms. The summed E-state index contributed by atoms with van der Waals surface area (Å²) in [4.78, 5) is 20.0. The van der Waals surface area contributed by atoms with Crippen LogP contribution in [0.25, 0.3) is 0 Å². The second-order valence-electron chi connectivity index (χ2n) is 9.46. The monoisotopic (exact) mass is 399 g/mol. The third-order valence-corrected chi connectivity index (χ3v) is 6.58. The fourth-order valence-corrected chi connectivity index (χ4v) is 4.93. The number of hydrogen-bond acceptors (Lipinski definition) is 5. The van der Waals surface area contributed by atoms with E-state index in [0.717, 1.165) is 44.0 Å². The molecule has 156 valence electrons. The van der Waals surface area contributed by atoms with E-state index in [1.54, 1.807) is 6.20 Å². The SMILES string of the molecule is CC(C)(C)n1cc(C2N(C(=O)c3cnc4n3CCOC4)CC23CCOCC3)cn1. The highest BCUT2D eigenvalue weighted by Gasteiger charge is 2.56. The molecule has 8 nitrogen and oxygen atoms in total. The van der Waals surface area contributed by atoms with Crippen LogP contribution in [0.1, 0.15) is 61.5 Å². The minimum Gasteiger partial charge on any atom is -0.381 e. The van der Waals surface area contributed by atoms with Crippen LogP contribution in [0.2, 0.25) is 0 Å². The zero-order chi connectivity index (χ0) is 20.2. The molecule has 2 aromatic rings. The highest BCUT2D eigenvalue weighted by atomic mass is 16.5. The summed E-state index contributed by atoms with van der Waals surface area (Å²) in [6.45, 7) is 10.4. The number of aromatic nitrogens is 4. The molecular formula is C21H29N5O3. The molecule has 1 unspecified atom stereocenters. The Morgan fingerprint density at radius 3 is 2.69 bits per heavy atom. The van der Waals surface area contributed by atoms with E-state index >= 15 is 0 Å². The zero-order valence-electron chi connectivity index (χ0n) is 17.4. The quantitative estimate of drug-likeness (QED) is 0.775. The van der Waals surface area contributed by atoms with Crippen molar-refractivity contribution in [2.24, 2.45) is 5.41 Å². The Kier molecular flexibility index (Phi) is 4.33. The topological polar surface area (TPSA) is 74.4 Å². The molecule has 1 amide bonds. The van der Waals surface area contributed by atoms with E-state index in [1.807, 2.05) is 20.3 Å². The molecule has 0 aliphatic carbocycles. The number of imidazole rings is 1. The van der Waals surface area contributed by atoms with Crippen LogP contribution < -0.4 is 0 Å². The van der Waals surface area contributed by atoms with Crippen molar-refractivity contribution in [3.05, 3.63) is 35.7 Å². The van der Waals surface area contributed by atoms with E-state index in [0.29, 0.717) is 25.5 Å². The van der Waals surface area contributed by atoms with Crippen molar-refractivity contribution < 1.29 is 14.3 Å². The first-order valence-electron chi connectivity index (χ1n) is 10.4. The molecule has 0 N–H and O–H groups in total. The molecular weight excluding hydrogens is 370 g/mol. The third-order valence-electron chi connectivity index (χ3n) is 6.58. The maximum atomic E-state index is 13.5. The van der Waals surface area contributed by atoms with E-state index in [4.69, 9.17) is 9.47 Å². The van der Waals surface area contributed by atoms with Gasteiger partial charge in [-0.2, -0.15) is 5.10 Å². The van der Waals surface area contributed by atoms with Gasteiger partial charge in [0.15, 0.2) is 0 Å². The Hall–Kier alpha value is -2.19. The standard InChI is InChI=1S/C21H29N5O3/c1-20(2,3)26-12-15(10-23-26)18-21(4-7-28-8-5-21)14-25(18)19(27)16-11-22-17-13-29-9-6-24(16)17/h10-12,18H,4-9,13-14H2,1-3H3. The molecule has 0 aromatic carbocycles. The Morgan fingerprint density at radius 2 is 1.97 bits per heavy atom. The van der Waals surface area contributed by atoms with Gasteiger partial charge in [0.1, 0.15) is 18.1 Å². The van der Waals surface area contributed by atoms with Crippen LogP contribution >= 0.6 is 0 Å². The molecule has 1 spiro atoms. The Labute approximate surface area is 170 Å². The van der Waals surface area contributed by atoms with Gasteiger partial charge in [-0.1, -0.05) is 0 Å². The first-order valence-corrected chi connectivity index (χ1v) is 10.4. The number of fused-ring (bicyclic) bond motifs is 1. The first-order chi connectivity index (χ1) is 13.9. The van der Waals surface area contributed by atoms with Gasteiger partial charge in [0.25, 0.3) is 5.91 Å². The summed E-state index contributed by atoms with van der Waals surface area (Å²) in [5.74, 6) is 0.884. The van der Waals surface area contributed by atoms with Crippen molar-refractivity contribution in [2.45, 2.75) is 58.3 Å². The van der Waals surface area contributed by atoms with Crippen molar-refractivity contribution in [3.63, 3.8) is 0 Å². The van der Waals surface area contributed by atoms with Crippen molar-refractivity contribution in [3.8, 4) is 0 Å². The summed E-state index contributed by atoms with van der Waals surface area (Å²) in [5, 5.41) is 4.61. The van der Waals surface area contributed by atoms with Crippen LogP contribution in [0.4, 0.5) is 0 Å². The molecule has 2 saturated heterocycles. The minimum absolute atomic E-state index is 0.0287. The van der Waals surface area contributed by atoms with E-state index in [9.17, 15) is 4.79 Å². The molecule has 0 bridgehead atoms. The van der Waals surface area contributed by atoms with Gasteiger partial charge in [0, 0.05) is 43.5 Å². The predicted molar refractivity (Wildman–Crippen MR) is 105 cm³/mol. The smallest absolute Gasteiger partial charge is 0.272 e. The molecule has 3 aliphatic rings. The Morgan fingerprint density at radius 1 is 1.17 bits per heavy atom. The highest BCUT2D eigenvalue weighted by Crippen LogP contribution is 2.55. The molecule has 2 fully saturated rings. The average molecular weight is 399 g/mol. The number of rotatable bonds is 2. The van der Waals surface area contributed by atoms with Gasteiger partial charge in [0.2, 0.25) is 0 Å². The van der Waals surface area contributed by atoms with E-state index < -0.39 is 0 Å². The predicted octanol–water partition coefficient (Wildman–Crippen LogP) is 2.36. The van der Waals surface area contributed by atoms with Gasteiger partial charge in [-0.15, -0.1) is 0 Å². The zero-order valence-corrected chi connectivity index (χ0v) is 17.4. The maximum Gasteiger partial charge on any atom is 0.272 e. The van der Waals surface area contributed by atoms with Gasteiger partial charge >= 0.3 is 0 Å². The van der Waals surface area contributed by atoms with Gasteiger partial charge in [0.05, 0.1) is 30.6 Å². The number of amides is 1. The second-order valence-corrected chi connectivity index (χ2v) is 9.46. The largest absolute Gasteiger partial charge is 0.381 e. The lowest BCUT2D eigenvalue weighted by Gasteiger charge is -2.58. The van der Waals surface area contributed by atoms with Gasteiger partial charge in [-0.3, -0.25) is 9.48 Å². The average Bonchev–Trinajstić information content (AvgIpc) is 3.33. The fraction of sp³-hybridized carbons (Fsp3) is 0.667. The maximum absolute atomic E-state index is 13.5. The minimum atomic E-state index is -0.0931. The lowest BCUT2D eigenvalue weighted by Crippen LogP contribution is -2.62. The lowest BCUT2D eigenvalue weighted by atomic mass is 9.64. The number of ether oxygens (including phenoxy) is 2. The van der Waals surface area contributed by atoms with Crippen LogP contribution in [0.15, 0.2) is 18.6 Å². The molecule has 5 heterocycles. The number of hydrogen-bond donors (Lipinski definition) is 0. The van der Waals surface area contributed by atoms with Gasteiger partial charge < -0.3 is 18.9 Å². The summed E-state index contributed by atoms with van der Waals surface area (Å²) in [5.41, 5.74) is 1.76. The van der Waals surface area contributed by atoms with E-state index in [2.05, 4.69) is 37.1 Å². The molecule has 3 aliphatic heterocycles. The van der Waals surface area contributed by atoms with Crippen LogP contribution in [0.3, 0.4) is 0 Å². The summed E-state index contributed by atoms with van der Waals surface area (Å²) >= 11 is 0. The number of nitrogens with zero attached hydrogens (tertiary/aromatic N) is 5. The van der Waals surface area contributed by atoms with E-state index in [-0.39, 0.29) is 22.9 Å². The third kappa shape index (κ3) is 3.00. The second kappa shape index (κ2) is 6.67. The van der Waals surface area contributed by atoms with Gasteiger partial charge in [-0.05, 0) is 33.6 Å². The summed E-state index contributed by atoms with van der Waals surface area (Å²) in [6.07, 6.45) is 7.70. The van der Waals surface area contributed by atoms with Crippen molar-refractivity contribution in [1.82, 2.24) is 24.2 Å². The van der Waals surface area contributed by atoms with Crippen molar-refractivity contribution in [2.75, 3.05) is 26.4 Å². The van der Waals surface area contributed by atoms with Crippen molar-refractivity contribution in [1.29, 1.82) is 0 Å². The van der Waals surface area contributed by atoms with Crippen molar-refractivity contribution >= 4 is 5.91 Å². The first kappa shape index (κ1) is 18.8. The Balaban J connectivity index is 1.48. The number of carbonyl (C=O) groups excluding carboxylic acids is 1. The van der Waals surface area contributed by atoms with Crippen LogP contribution in [-0.4, -0.2) is 56.5 Å². The molecule has 0 radical (unpaired) electrons.